The molecule has 7 heteroatoms. The number of thioether (sulfide) groups is 1. The van der Waals surface area contributed by atoms with Crippen LogP contribution in [0.1, 0.15) is 29.2 Å². The Kier molecular flexibility index (Phi) is 5.17. The lowest BCUT2D eigenvalue weighted by atomic mass is 10.1. The van der Waals surface area contributed by atoms with E-state index in [0.29, 0.717) is 5.16 Å². The number of carbonyl (C=O) groups excluding carboxylic acids is 1. The highest BCUT2D eigenvalue weighted by Gasteiger charge is 2.30. The van der Waals surface area contributed by atoms with E-state index in [1.807, 2.05) is 36.7 Å². The molecule has 4 rings (SSSR count). The Morgan fingerprint density at radius 2 is 1.96 bits per heavy atom. The molecular formula is C21H21FN4OS. The molecule has 1 heterocycles. The van der Waals surface area contributed by atoms with Crippen LogP contribution in [-0.4, -0.2) is 26.7 Å². The van der Waals surface area contributed by atoms with Crippen LogP contribution in [0.2, 0.25) is 0 Å². The zero-order chi connectivity index (χ0) is 19.7. The van der Waals surface area contributed by atoms with Crippen LogP contribution in [0.15, 0.2) is 53.7 Å². The van der Waals surface area contributed by atoms with E-state index in [2.05, 4.69) is 21.6 Å². The van der Waals surface area contributed by atoms with Crippen molar-refractivity contribution in [3.8, 4) is 11.4 Å². The summed E-state index contributed by atoms with van der Waals surface area (Å²) in [5.41, 5.74) is 2.86. The molecular weight excluding hydrogens is 375 g/mol. The molecule has 0 radical (unpaired) electrons. The summed E-state index contributed by atoms with van der Waals surface area (Å²) in [6, 6.07) is 14.4. The molecule has 144 valence electrons. The molecule has 0 saturated heterocycles. The second-order valence-corrected chi connectivity index (χ2v) is 8.14. The van der Waals surface area contributed by atoms with E-state index in [1.54, 1.807) is 12.1 Å². The van der Waals surface area contributed by atoms with Gasteiger partial charge in [0.15, 0.2) is 11.0 Å². The van der Waals surface area contributed by atoms with Crippen LogP contribution in [-0.2, 0) is 11.8 Å². The minimum absolute atomic E-state index is 0.0841. The smallest absolute Gasteiger partial charge is 0.238 e. The van der Waals surface area contributed by atoms with Crippen molar-refractivity contribution in [3.05, 3.63) is 65.5 Å². The predicted molar refractivity (Wildman–Crippen MR) is 107 cm³/mol. The number of halogens is 1. The lowest BCUT2D eigenvalue weighted by Crippen LogP contribution is -2.30. The van der Waals surface area contributed by atoms with Gasteiger partial charge in [-0.1, -0.05) is 47.7 Å². The van der Waals surface area contributed by atoms with Gasteiger partial charge in [-0.25, -0.2) is 4.39 Å². The summed E-state index contributed by atoms with van der Waals surface area (Å²) >= 11 is 1.33. The van der Waals surface area contributed by atoms with E-state index >= 15 is 0 Å². The van der Waals surface area contributed by atoms with E-state index in [1.165, 1.54) is 23.9 Å². The van der Waals surface area contributed by atoms with Crippen molar-refractivity contribution >= 4 is 17.7 Å². The zero-order valence-corrected chi connectivity index (χ0v) is 16.5. The fraction of sp³-hybridized carbons (Fsp3) is 0.286. The number of amides is 1. The number of hydrogen-bond acceptors (Lipinski definition) is 4. The third kappa shape index (κ3) is 4.09. The van der Waals surface area contributed by atoms with Gasteiger partial charge in [-0.3, -0.25) is 4.79 Å². The Morgan fingerprint density at radius 1 is 1.21 bits per heavy atom. The van der Waals surface area contributed by atoms with Gasteiger partial charge in [0, 0.05) is 18.7 Å². The van der Waals surface area contributed by atoms with Crippen molar-refractivity contribution in [2.75, 3.05) is 0 Å². The molecule has 3 aromatic rings. The van der Waals surface area contributed by atoms with Crippen LogP contribution in [0.4, 0.5) is 4.39 Å². The second kappa shape index (κ2) is 7.75. The van der Waals surface area contributed by atoms with Crippen molar-refractivity contribution < 1.29 is 9.18 Å². The summed E-state index contributed by atoms with van der Waals surface area (Å²) in [5, 5.41) is 11.8. The first-order valence-corrected chi connectivity index (χ1v) is 10.1. The fourth-order valence-electron chi connectivity index (χ4n) is 2.97. The molecule has 1 fully saturated rings. The molecule has 0 spiro atoms. The van der Waals surface area contributed by atoms with Gasteiger partial charge < -0.3 is 9.88 Å². The Labute approximate surface area is 167 Å². The molecule has 1 aliphatic carbocycles. The first-order chi connectivity index (χ1) is 13.5. The standard InChI is InChI=1S/C21H21FN4OS/c1-13-4-3-5-15(12-13)19-24-25-21(26(19)2)28-18(20(27)23-17-10-11-17)14-6-8-16(22)9-7-14/h3-9,12,17-18H,10-11H2,1-2H3,(H,23,27). The van der Waals surface area contributed by atoms with E-state index in [0.717, 1.165) is 35.4 Å². The quantitative estimate of drug-likeness (QED) is 0.639. The van der Waals surface area contributed by atoms with Crippen molar-refractivity contribution in [2.24, 2.45) is 7.05 Å². The van der Waals surface area contributed by atoms with Crippen LogP contribution < -0.4 is 5.32 Å². The molecule has 1 unspecified atom stereocenters. The topological polar surface area (TPSA) is 59.8 Å². The SMILES string of the molecule is Cc1cccc(-c2nnc(SC(C(=O)NC3CC3)c3ccc(F)cc3)n2C)c1. The van der Waals surface area contributed by atoms with Crippen molar-refractivity contribution in [3.63, 3.8) is 0 Å². The molecule has 5 nitrogen and oxygen atoms in total. The highest BCUT2D eigenvalue weighted by atomic mass is 32.2. The normalized spacial score (nSPS) is 14.7. The summed E-state index contributed by atoms with van der Waals surface area (Å²) in [6.45, 7) is 2.03. The number of aromatic nitrogens is 3. The van der Waals surface area contributed by atoms with Gasteiger partial charge in [0.1, 0.15) is 11.1 Å². The molecule has 28 heavy (non-hydrogen) atoms. The molecule has 0 aliphatic heterocycles. The molecule has 0 bridgehead atoms. The van der Waals surface area contributed by atoms with Crippen molar-refractivity contribution in [1.29, 1.82) is 0 Å². The molecule has 1 N–H and O–H groups in total. The zero-order valence-electron chi connectivity index (χ0n) is 15.7. The first-order valence-electron chi connectivity index (χ1n) is 9.20. The van der Waals surface area contributed by atoms with Crippen molar-refractivity contribution in [2.45, 2.75) is 36.2 Å². The maximum absolute atomic E-state index is 13.4. The number of aryl methyl sites for hydroxylation is 1. The average molecular weight is 396 g/mol. The lowest BCUT2D eigenvalue weighted by molar-refractivity contribution is -0.120. The summed E-state index contributed by atoms with van der Waals surface area (Å²) in [7, 11) is 1.89. The Hall–Kier alpha value is -2.67. The summed E-state index contributed by atoms with van der Waals surface area (Å²) in [4.78, 5) is 12.8. The van der Waals surface area contributed by atoms with Gasteiger partial charge in [-0.2, -0.15) is 0 Å². The van der Waals surface area contributed by atoms with E-state index in [4.69, 9.17) is 0 Å². The van der Waals surface area contributed by atoms with Crippen LogP contribution in [0, 0.1) is 12.7 Å². The number of rotatable bonds is 6. The van der Waals surface area contributed by atoms with Gasteiger partial charge in [0.05, 0.1) is 0 Å². The second-order valence-electron chi connectivity index (χ2n) is 7.07. The Balaban J connectivity index is 1.63. The van der Waals surface area contributed by atoms with E-state index in [-0.39, 0.29) is 17.8 Å². The van der Waals surface area contributed by atoms with Crippen LogP contribution in [0.25, 0.3) is 11.4 Å². The highest BCUT2D eigenvalue weighted by molar-refractivity contribution is 8.00. The van der Waals surface area contributed by atoms with Gasteiger partial charge in [-0.05, 0) is 43.5 Å². The number of nitrogens with one attached hydrogen (secondary N) is 1. The number of carbonyl (C=O) groups is 1. The fourth-order valence-corrected chi connectivity index (χ4v) is 3.99. The number of nitrogens with zero attached hydrogens (tertiary/aromatic N) is 3. The molecule has 2 aromatic carbocycles. The monoisotopic (exact) mass is 396 g/mol. The Bertz CT molecular complexity index is 998. The highest BCUT2D eigenvalue weighted by Crippen LogP contribution is 2.36. The van der Waals surface area contributed by atoms with Crippen LogP contribution >= 0.6 is 11.8 Å². The van der Waals surface area contributed by atoms with Gasteiger partial charge in [0.2, 0.25) is 5.91 Å². The van der Waals surface area contributed by atoms with Gasteiger partial charge in [-0.15, -0.1) is 10.2 Å². The molecule has 1 atom stereocenters. The third-order valence-electron chi connectivity index (χ3n) is 4.67. The summed E-state index contributed by atoms with van der Waals surface area (Å²) < 4.78 is 15.2. The molecule has 1 aromatic heterocycles. The maximum atomic E-state index is 13.4. The minimum atomic E-state index is -0.519. The Morgan fingerprint density at radius 3 is 2.64 bits per heavy atom. The molecule has 1 amide bonds. The summed E-state index contributed by atoms with van der Waals surface area (Å²) in [6.07, 6.45) is 2.02. The lowest BCUT2D eigenvalue weighted by Gasteiger charge is -2.16. The van der Waals surface area contributed by atoms with Crippen LogP contribution in [0.3, 0.4) is 0 Å². The summed E-state index contributed by atoms with van der Waals surface area (Å²) in [5.74, 6) is 0.335. The van der Waals surface area contributed by atoms with E-state index < -0.39 is 5.25 Å². The number of hydrogen-bond donors (Lipinski definition) is 1. The van der Waals surface area contributed by atoms with Crippen molar-refractivity contribution in [1.82, 2.24) is 20.1 Å². The third-order valence-corrected chi connectivity index (χ3v) is 5.96. The van der Waals surface area contributed by atoms with Gasteiger partial charge >= 0.3 is 0 Å². The van der Waals surface area contributed by atoms with E-state index in [9.17, 15) is 9.18 Å². The molecule has 1 saturated carbocycles. The number of benzene rings is 2. The van der Waals surface area contributed by atoms with Crippen LogP contribution in [0.5, 0.6) is 0 Å². The average Bonchev–Trinajstić information content (AvgIpc) is 3.41. The largest absolute Gasteiger partial charge is 0.352 e. The van der Waals surface area contributed by atoms with Gasteiger partial charge in [0.25, 0.3) is 0 Å². The molecule has 1 aliphatic rings. The first kappa shape index (κ1) is 18.7. The maximum Gasteiger partial charge on any atom is 0.238 e. The minimum Gasteiger partial charge on any atom is -0.352 e. The predicted octanol–water partition coefficient (Wildman–Crippen LogP) is 4.04.